The highest BCUT2D eigenvalue weighted by molar-refractivity contribution is 5.94. The van der Waals surface area contributed by atoms with Crippen molar-refractivity contribution in [2.75, 3.05) is 18.0 Å². The molecule has 1 fully saturated rings. The summed E-state index contributed by atoms with van der Waals surface area (Å²) in [6.45, 7) is 7.69. The van der Waals surface area contributed by atoms with Crippen LogP contribution in [0.15, 0.2) is 36.4 Å². The van der Waals surface area contributed by atoms with Crippen molar-refractivity contribution in [2.24, 2.45) is 0 Å². The van der Waals surface area contributed by atoms with Crippen LogP contribution in [0.25, 0.3) is 0 Å². The van der Waals surface area contributed by atoms with Crippen LogP contribution in [-0.4, -0.2) is 18.9 Å². The van der Waals surface area contributed by atoms with Crippen LogP contribution in [0, 0.1) is 0 Å². The number of carbonyl (C=O) groups excluding carboxylic acids is 1. The second-order valence-electron chi connectivity index (χ2n) is 4.34. The van der Waals surface area contributed by atoms with Crippen molar-refractivity contribution in [3.8, 4) is 0 Å². The Morgan fingerprint density at radius 3 is 2.25 bits per heavy atom. The Labute approximate surface area is 96.6 Å². The van der Waals surface area contributed by atoms with E-state index in [9.17, 15) is 4.79 Å². The Balaban J connectivity index is 2.10. The Bertz CT molecular complexity index is 395. The van der Waals surface area contributed by atoms with Crippen molar-refractivity contribution < 1.29 is 4.79 Å². The molecule has 0 aliphatic carbocycles. The summed E-state index contributed by atoms with van der Waals surface area (Å²) in [6, 6.07) is 7.87. The molecule has 2 rings (SSSR count). The predicted octanol–water partition coefficient (Wildman–Crippen LogP) is 3.05. The number of benzene rings is 1. The third kappa shape index (κ3) is 2.32. The van der Waals surface area contributed by atoms with E-state index in [4.69, 9.17) is 0 Å². The molecule has 0 amide bonds. The van der Waals surface area contributed by atoms with Crippen LogP contribution in [0.3, 0.4) is 0 Å². The van der Waals surface area contributed by atoms with Crippen molar-refractivity contribution in [3.05, 3.63) is 42.0 Å². The smallest absolute Gasteiger partial charge is 0.159 e. The van der Waals surface area contributed by atoms with E-state index >= 15 is 0 Å². The molecule has 1 saturated heterocycles. The highest BCUT2D eigenvalue weighted by Crippen LogP contribution is 2.22. The van der Waals surface area contributed by atoms with E-state index in [2.05, 4.69) is 11.5 Å². The first-order valence-corrected chi connectivity index (χ1v) is 5.69. The molecule has 84 valence electrons. The Kier molecular flexibility index (Phi) is 3.09. The second-order valence-corrected chi connectivity index (χ2v) is 4.34. The lowest BCUT2D eigenvalue weighted by molar-refractivity contribution is 0.101. The lowest BCUT2D eigenvalue weighted by Crippen LogP contribution is -2.30. The number of rotatable bonds is 2. The Morgan fingerprint density at radius 1 is 1.19 bits per heavy atom. The van der Waals surface area contributed by atoms with Gasteiger partial charge in [0.1, 0.15) is 0 Å². The molecule has 1 aliphatic rings. The summed E-state index contributed by atoms with van der Waals surface area (Å²) >= 11 is 0. The van der Waals surface area contributed by atoms with Crippen molar-refractivity contribution in [1.29, 1.82) is 0 Å². The number of piperidine rings is 1. The van der Waals surface area contributed by atoms with Gasteiger partial charge < -0.3 is 4.90 Å². The topological polar surface area (TPSA) is 20.3 Å². The summed E-state index contributed by atoms with van der Waals surface area (Å²) < 4.78 is 0. The molecule has 0 bridgehead atoms. The van der Waals surface area contributed by atoms with Gasteiger partial charge in [0, 0.05) is 24.3 Å². The molecule has 0 atom stereocenters. The first kappa shape index (κ1) is 10.9. The van der Waals surface area contributed by atoms with Gasteiger partial charge in [-0.3, -0.25) is 4.79 Å². The van der Waals surface area contributed by atoms with Gasteiger partial charge in [0.05, 0.1) is 0 Å². The number of hydrogen-bond donors (Lipinski definition) is 0. The molecular weight excluding hydrogens is 198 g/mol. The molecule has 0 radical (unpaired) electrons. The first-order valence-electron chi connectivity index (χ1n) is 5.69. The van der Waals surface area contributed by atoms with Crippen molar-refractivity contribution in [3.63, 3.8) is 0 Å². The van der Waals surface area contributed by atoms with Crippen LogP contribution >= 0.6 is 0 Å². The third-order valence-corrected chi connectivity index (χ3v) is 3.11. The minimum Gasteiger partial charge on any atom is -0.371 e. The van der Waals surface area contributed by atoms with Crippen LogP contribution in [0.5, 0.6) is 0 Å². The van der Waals surface area contributed by atoms with Gasteiger partial charge in [-0.25, -0.2) is 0 Å². The number of ketones is 1. The summed E-state index contributed by atoms with van der Waals surface area (Å²) in [5.74, 6) is 0.124. The number of carbonyl (C=O) groups is 1. The fourth-order valence-electron chi connectivity index (χ4n) is 1.99. The van der Waals surface area contributed by atoms with Gasteiger partial charge in [0.25, 0.3) is 0 Å². The molecule has 1 aromatic rings. The second kappa shape index (κ2) is 4.52. The van der Waals surface area contributed by atoms with Gasteiger partial charge in [-0.15, -0.1) is 0 Å². The molecule has 0 N–H and O–H groups in total. The SMILES string of the molecule is C=C1CCN(c2ccc(C(C)=O)cc2)CC1. The summed E-state index contributed by atoms with van der Waals surface area (Å²) in [7, 11) is 0. The van der Waals surface area contributed by atoms with Gasteiger partial charge in [0.2, 0.25) is 0 Å². The first-order chi connectivity index (χ1) is 7.66. The highest BCUT2D eigenvalue weighted by atomic mass is 16.1. The van der Waals surface area contributed by atoms with Crippen molar-refractivity contribution in [1.82, 2.24) is 0 Å². The zero-order valence-electron chi connectivity index (χ0n) is 9.70. The van der Waals surface area contributed by atoms with Crippen LogP contribution in [0.2, 0.25) is 0 Å². The molecule has 16 heavy (non-hydrogen) atoms. The molecule has 1 heterocycles. The minimum absolute atomic E-state index is 0.124. The molecule has 2 nitrogen and oxygen atoms in total. The van der Waals surface area contributed by atoms with Crippen molar-refractivity contribution >= 4 is 11.5 Å². The number of nitrogens with zero attached hydrogens (tertiary/aromatic N) is 1. The number of hydrogen-bond acceptors (Lipinski definition) is 2. The fraction of sp³-hybridized carbons (Fsp3) is 0.357. The summed E-state index contributed by atoms with van der Waals surface area (Å²) in [5, 5.41) is 0. The maximum Gasteiger partial charge on any atom is 0.159 e. The molecule has 0 spiro atoms. The average molecular weight is 215 g/mol. The van der Waals surface area contributed by atoms with E-state index in [0.717, 1.165) is 31.5 Å². The molecule has 1 aliphatic heterocycles. The van der Waals surface area contributed by atoms with Gasteiger partial charge >= 0.3 is 0 Å². The van der Waals surface area contributed by atoms with Crippen LogP contribution < -0.4 is 4.90 Å². The zero-order chi connectivity index (χ0) is 11.5. The highest BCUT2D eigenvalue weighted by Gasteiger charge is 2.12. The number of anilines is 1. The Morgan fingerprint density at radius 2 is 1.75 bits per heavy atom. The van der Waals surface area contributed by atoms with Gasteiger partial charge in [-0.2, -0.15) is 0 Å². The Hall–Kier alpha value is -1.57. The summed E-state index contributed by atoms with van der Waals surface area (Å²) in [5.41, 5.74) is 3.33. The van der Waals surface area contributed by atoms with E-state index in [-0.39, 0.29) is 5.78 Å². The van der Waals surface area contributed by atoms with Crippen molar-refractivity contribution in [2.45, 2.75) is 19.8 Å². The largest absolute Gasteiger partial charge is 0.371 e. The molecule has 2 heteroatoms. The normalized spacial score (nSPS) is 16.3. The maximum atomic E-state index is 11.2. The molecule has 1 aromatic carbocycles. The van der Waals surface area contributed by atoms with E-state index in [0.29, 0.717) is 0 Å². The minimum atomic E-state index is 0.124. The quantitative estimate of drug-likeness (QED) is 0.558. The van der Waals surface area contributed by atoms with Crippen LogP contribution in [0.1, 0.15) is 30.1 Å². The zero-order valence-corrected chi connectivity index (χ0v) is 9.70. The third-order valence-electron chi connectivity index (χ3n) is 3.11. The maximum absolute atomic E-state index is 11.2. The molecular formula is C14H17NO. The molecule has 0 aromatic heterocycles. The number of Topliss-reactive ketones (excluding diaryl/α,β-unsaturated/α-hetero) is 1. The van der Waals surface area contributed by atoms with Crippen LogP contribution in [-0.2, 0) is 0 Å². The fourth-order valence-corrected chi connectivity index (χ4v) is 1.99. The van der Waals surface area contributed by atoms with E-state index in [1.807, 2.05) is 24.3 Å². The lowest BCUT2D eigenvalue weighted by atomic mass is 10.0. The van der Waals surface area contributed by atoms with E-state index in [1.54, 1.807) is 6.92 Å². The van der Waals surface area contributed by atoms with Gasteiger partial charge in [0.15, 0.2) is 5.78 Å². The summed E-state index contributed by atoms with van der Waals surface area (Å²) in [6.07, 6.45) is 2.16. The van der Waals surface area contributed by atoms with Gasteiger partial charge in [-0.1, -0.05) is 12.2 Å². The average Bonchev–Trinajstić information content (AvgIpc) is 2.30. The molecule has 0 unspecified atom stereocenters. The molecule has 0 saturated carbocycles. The van der Waals surface area contributed by atoms with Gasteiger partial charge in [-0.05, 0) is 44.0 Å². The standard InChI is InChI=1S/C14H17NO/c1-11-7-9-15(10-8-11)14-5-3-13(4-6-14)12(2)16/h3-6H,1,7-10H2,2H3. The summed E-state index contributed by atoms with van der Waals surface area (Å²) in [4.78, 5) is 13.5. The van der Waals surface area contributed by atoms with Crippen LogP contribution in [0.4, 0.5) is 5.69 Å². The monoisotopic (exact) mass is 215 g/mol. The van der Waals surface area contributed by atoms with E-state index < -0.39 is 0 Å². The predicted molar refractivity (Wildman–Crippen MR) is 67.0 cm³/mol. The lowest BCUT2D eigenvalue weighted by Gasteiger charge is -2.30. The van der Waals surface area contributed by atoms with E-state index in [1.165, 1.54) is 11.3 Å².